The number of aryl methyl sites for hydroxylation is 1. The van der Waals surface area contributed by atoms with Gasteiger partial charge in [-0.2, -0.15) is 0 Å². The predicted molar refractivity (Wildman–Crippen MR) is 79.9 cm³/mol. The Balaban J connectivity index is 1.95. The Hall–Kier alpha value is 0.284. The van der Waals surface area contributed by atoms with Gasteiger partial charge in [0.15, 0.2) is 0 Å². The molecule has 1 aliphatic heterocycles. The minimum absolute atomic E-state index is 0.646. The summed E-state index contributed by atoms with van der Waals surface area (Å²) < 4.78 is 11.2. The summed E-state index contributed by atoms with van der Waals surface area (Å²) in [6, 6.07) is 4.45. The molecule has 1 aliphatic rings. The molecule has 2 rings (SSSR count). The molecule has 1 radical (unpaired) electrons. The summed E-state index contributed by atoms with van der Waals surface area (Å²) in [5, 5.41) is 0. The molecule has 2 nitrogen and oxygen atoms in total. The van der Waals surface area contributed by atoms with Crippen LogP contribution in [-0.4, -0.2) is 15.3 Å². The third kappa shape index (κ3) is 4.44. The van der Waals surface area contributed by atoms with Crippen molar-refractivity contribution < 1.29 is 8.85 Å². The van der Waals surface area contributed by atoms with E-state index in [0.29, 0.717) is 12.7 Å². The number of fused-ring (bicyclic) bond motifs is 1. The van der Waals surface area contributed by atoms with Crippen molar-refractivity contribution in [3.63, 3.8) is 0 Å². The van der Waals surface area contributed by atoms with Crippen LogP contribution in [0.3, 0.4) is 0 Å². The molecule has 18 heavy (non-hydrogen) atoms. The number of halogens is 3. The molecular formula is C11H14Cl3O2Si2. The molecule has 1 heterocycles. The molecule has 0 spiro atoms. The molecular weight excluding hydrogens is 327 g/mol. The molecule has 0 aromatic heterocycles. The fourth-order valence-electron chi connectivity index (χ4n) is 1.86. The molecule has 1 aromatic carbocycles. The predicted octanol–water partition coefficient (Wildman–Crippen LogP) is 4.30. The van der Waals surface area contributed by atoms with Crippen LogP contribution >= 0.6 is 33.2 Å². The first kappa shape index (κ1) is 14.7. The van der Waals surface area contributed by atoms with Crippen molar-refractivity contribution in [3.05, 3.63) is 29.3 Å². The van der Waals surface area contributed by atoms with Crippen LogP contribution in [0.2, 0.25) is 12.6 Å². The minimum atomic E-state index is -2.48. The van der Waals surface area contributed by atoms with Crippen molar-refractivity contribution in [1.29, 1.82) is 0 Å². The van der Waals surface area contributed by atoms with Gasteiger partial charge in [-0.25, -0.2) is 0 Å². The second-order valence-electron chi connectivity index (χ2n) is 4.29. The molecule has 0 saturated carbocycles. The number of hydrogen-bond donors (Lipinski definition) is 0. The number of hydrogen-bond acceptors (Lipinski definition) is 2. The molecule has 0 aliphatic carbocycles. The van der Waals surface area contributed by atoms with Gasteiger partial charge in [-0.15, -0.1) is 33.2 Å². The van der Waals surface area contributed by atoms with Gasteiger partial charge >= 0.3 is 15.3 Å². The first-order valence-electron chi connectivity index (χ1n) is 5.77. The van der Waals surface area contributed by atoms with E-state index in [0.717, 1.165) is 24.2 Å². The largest absolute Gasteiger partial charge is 0.519 e. The summed E-state index contributed by atoms with van der Waals surface area (Å²) in [4.78, 5) is 0. The second-order valence-corrected chi connectivity index (χ2v) is 15.0. The first-order valence-corrected chi connectivity index (χ1v) is 12.8. The van der Waals surface area contributed by atoms with Gasteiger partial charge in [0, 0.05) is 5.56 Å². The summed E-state index contributed by atoms with van der Waals surface area (Å²) in [7, 11) is -1.10. The lowest BCUT2D eigenvalue weighted by atomic mass is 10.1. The van der Waals surface area contributed by atoms with Crippen molar-refractivity contribution in [1.82, 2.24) is 0 Å². The van der Waals surface area contributed by atoms with Crippen molar-refractivity contribution in [3.8, 4) is 5.75 Å². The maximum atomic E-state index is 5.86. The zero-order chi connectivity index (χ0) is 13.2. The van der Waals surface area contributed by atoms with Gasteiger partial charge in [0.2, 0.25) is 0 Å². The topological polar surface area (TPSA) is 18.5 Å². The summed E-state index contributed by atoms with van der Waals surface area (Å²) in [5.74, 6) is 0.956. The molecule has 0 bridgehead atoms. The van der Waals surface area contributed by atoms with E-state index in [-0.39, 0.29) is 0 Å². The van der Waals surface area contributed by atoms with E-state index in [1.807, 2.05) is 12.6 Å². The van der Waals surface area contributed by atoms with Crippen molar-refractivity contribution in [2.24, 2.45) is 0 Å². The molecule has 0 atom stereocenters. The number of benzene rings is 1. The summed E-state index contributed by atoms with van der Waals surface area (Å²) in [6.45, 7) is 2.64. The molecule has 0 amide bonds. The smallest absolute Gasteiger partial charge is 0.454 e. The molecule has 1 aromatic rings. The fourth-order valence-corrected chi connectivity index (χ4v) is 4.56. The molecule has 7 heteroatoms. The zero-order valence-electron chi connectivity index (χ0n) is 10.0. The third-order valence-electron chi connectivity index (χ3n) is 2.74. The average molecular weight is 341 g/mol. The molecule has 0 unspecified atom stereocenters. The quantitative estimate of drug-likeness (QED) is 0.601. The molecule has 99 valence electrons. The second kappa shape index (κ2) is 6.16. The number of rotatable bonds is 4. The van der Waals surface area contributed by atoms with Crippen LogP contribution in [-0.2, 0) is 17.5 Å². The van der Waals surface area contributed by atoms with Crippen molar-refractivity contribution in [2.45, 2.75) is 32.0 Å². The lowest BCUT2D eigenvalue weighted by molar-refractivity contribution is 0.233. The van der Waals surface area contributed by atoms with Crippen LogP contribution in [0.5, 0.6) is 5.75 Å². The Kier molecular flexibility index (Phi) is 5.02. The van der Waals surface area contributed by atoms with E-state index in [2.05, 4.69) is 12.1 Å². The normalized spacial score (nSPS) is 16.2. The monoisotopic (exact) mass is 339 g/mol. The summed E-state index contributed by atoms with van der Waals surface area (Å²) in [6.07, 6.45) is 1.84. The molecule has 0 fully saturated rings. The molecule has 0 N–H and O–H groups in total. The van der Waals surface area contributed by atoms with Gasteiger partial charge < -0.3 is 8.85 Å². The van der Waals surface area contributed by atoms with Crippen LogP contribution in [0, 0.1) is 0 Å². The van der Waals surface area contributed by atoms with Gasteiger partial charge in [-0.3, -0.25) is 0 Å². The maximum absolute atomic E-state index is 5.86. The van der Waals surface area contributed by atoms with Crippen LogP contribution in [0.15, 0.2) is 18.2 Å². The Bertz CT molecular complexity index is 423. The van der Waals surface area contributed by atoms with Gasteiger partial charge in [-0.1, -0.05) is 6.07 Å². The fraction of sp³-hybridized carbons (Fsp3) is 0.455. The first-order chi connectivity index (χ1) is 8.44. The van der Waals surface area contributed by atoms with E-state index in [1.165, 1.54) is 5.56 Å². The standard InChI is InChI=1S/C11H14Cl3O2Si2/c1-17-15-8-10-7-9(4-5-11(10)16-17)3-2-6-18(12,13)14/h4-5,7H,2-3,6,8H2,1H3. The molecule has 0 saturated heterocycles. The van der Waals surface area contributed by atoms with E-state index in [1.54, 1.807) is 0 Å². The van der Waals surface area contributed by atoms with Gasteiger partial charge in [0.25, 0.3) is 0 Å². The maximum Gasteiger partial charge on any atom is 0.454 e. The lowest BCUT2D eigenvalue weighted by Gasteiger charge is -2.22. The Morgan fingerprint density at radius 3 is 2.83 bits per heavy atom. The van der Waals surface area contributed by atoms with Crippen LogP contribution in [0.1, 0.15) is 17.5 Å². The Morgan fingerprint density at radius 2 is 2.11 bits per heavy atom. The van der Waals surface area contributed by atoms with E-state index >= 15 is 0 Å². The highest BCUT2D eigenvalue weighted by Crippen LogP contribution is 2.29. The van der Waals surface area contributed by atoms with Gasteiger partial charge in [-0.05, 0) is 43.1 Å². The summed E-state index contributed by atoms with van der Waals surface area (Å²) in [5.41, 5.74) is 2.37. The third-order valence-corrected chi connectivity index (χ3v) is 6.41. The Morgan fingerprint density at radius 1 is 1.33 bits per heavy atom. The lowest BCUT2D eigenvalue weighted by Crippen LogP contribution is -2.26. The summed E-state index contributed by atoms with van der Waals surface area (Å²) >= 11 is 17.6. The van der Waals surface area contributed by atoms with E-state index in [9.17, 15) is 0 Å². The van der Waals surface area contributed by atoms with Crippen molar-refractivity contribution in [2.75, 3.05) is 0 Å². The SMILES string of the molecule is C[Si]1OCc2cc(CCC[Si](Cl)(Cl)Cl)ccc2O1. The zero-order valence-corrected chi connectivity index (χ0v) is 14.3. The highest BCUT2D eigenvalue weighted by atomic mass is 35.8. The van der Waals surface area contributed by atoms with Crippen LogP contribution < -0.4 is 4.43 Å². The highest BCUT2D eigenvalue weighted by Gasteiger charge is 2.24. The van der Waals surface area contributed by atoms with E-state index < -0.39 is 15.3 Å². The van der Waals surface area contributed by atoms with E-state index in [4.69, 9.17) is 42.1 Å². The van der Waals surface area contributed by atoms with Crippen LogP contribution in [0.25, 0.3) is 0 Å². The minimum Gasteiger partial charge on any atom is -0.519 e. The van der Waals surface area contributed by atoms with Gasteiger partial charge in [0.05, 0.1) is 6.61 Å². The Labute approximate surface area is 124 Å². The van der Waals surface area contributed by atoms with Crippen LogP contribution in [0.4, 0.5) is 0 Å². The highest BCUT2D eigenvalue weighted by molar-refractivity contribution is 7.64. The van der Waals surface area contributed by atoms with Crippen molar-refractivity contribution >= 4 is 48.5 Å². The van der Waals surface area contributed by atoms with Gasteiger partial charge in [0.1, 0.15) is 5.75 Å². The average Bonchev–Trinajstić information content (AvgIpc) is 2.27.